The Balaban J connectivity index is 3.32. The zero-order chi connectivity index (χ0) is 7.28. The molecule has 0 radical (unpaired) electrons. The molecule has 0 heterocycles. The fraction of sp³-hybridized carbons (Fsp3) is 1.00. The highest BCUT2D eigenvalue weighted by Crippen LogP contribution is 2.08. The first-order valence-corrected chi connectivity index (χ1v) is 3.41. The molecule has 0 fully saturated rings. The molecule has 0 aliphatic heterocycles. The number of methoxy groups -OCH3 is 1. The summed E-state index contributed by atoms with van der Waals surface area (Å²) in [6, 6.07) is 0. The fourth-order valence-electron chi connectivity index (χ4n) is 0.659. The smallest absolute Gasteiger partial charge is 0.0490 e. The number of rotatable bonds is 4. The second kappa shape index (κ2) is 4.77. The highest BCUT2D eigenvalue weighted by Gasteiger charge is 2.08. The first-order valence-electron chi connectivity index (χ1n) is 3.41. The highest BCUT2D eigenvalue weighted by molar-refractivity contribution is 4.60. The van der Waals surface area contributed by atoms with E-state index < -0.39 is 0 Å². The molecule has 0 aromatic heterocycles. The molecule has 2 N–H and O–H groups in total. The van der Waals surface area contributed by atoms with Gasteiger partial charge in [-0.05, 0) is 18.4 Å². The minimum absolute atomic E-state index is 0.574. The Morgan fingerprint density at radius 3 is 2.22 bits per heavy atom. The summed E-state index contributed by atoms with van der Waals surface area (Å²) in [6.07, 6.45) is 0. The van der Waals surface area contributed by atoms with Crippen molar-refractivity contribution in [3.63, 3.8) is 0 Å². The Bertz CT molecular complexity index is 65.9. The van der Waals surface area contributed by atoms with Gasteiger partial charge in [-0.3, -0.25) is 0 Å². The molecule has 2 atom stereocenters. The molecule has 0 aromatic carbocycles. The quantitative estimate of drug-likeness (QED) is 0.614. The van der Waals surface area contributed by atoms with Crippen LogP contribution in [0.2, 0.25) is 0 Å². The Morgan fingerprint density at radius 1 is 1.33 bits per heavy atom. The van der Waals surface area contributed by atoms with Gasteiger partial charge in [-0.25, -0.2) is 0 Å². The van der Waals surface area contributed by atoms with Crippen molar-refractivity contribution in [1.82, 2.24) is 0 Å². The van der Waals surface area contributed by atoms with Gasteiger partial charge < -0.3 is 10.5 Å². The number of hydrogen-bond donors (Lipinski definition) is 1. The zero-order valence-electron chi connectivity index (χ0n) is 6.55. The summed E-state index contributed by atoms with van der Waals surface area (Å²) in [6.45, 7) is 5.87. The van der Waals surface area contributed by atoms with E-state index in [1.54, 1.807) is 7.11 Å². The maximum atomic E-state index is 5.45. The molecular formula is C7H17NO. The van der Waals surface area contributed by atoms with Crippen molar-refractivity contribution in [2.24, 2.45) is 17.6 Å². The predicted molar refractivity (Wildman–Crippen MR) is 39.3 cm³/mol. The van der Waals surface area contributed by atoms with Crippen LogP contribution in [0.15, 0.2) is 0 Å². The number of ether oxygens (including phenoxy) is 1. The van der Waals surface area contributed by atoms with Gasteiger partial charge in [0.1, 0.15) is 0 Å². The Morgan fingerprint density at radius 2 is 1.89 bits per heavy atom. The second-order valence-electron chi connectivity index (χ2n) is 2.65. The average Bonchev–Trinajstić information content (AvgIpc) is 1.87. The van der Waals surface area contributed by atoms with Crippen molar-refractivity contribution in [2.45, 2.75) is 13.8 Å². The van der Waals surface area contributed by atoms with Crippen molar-refractivity contribution in [3.05, 3.63) is 0 Å². The maximum absolute atomic E-state index is 5.45. The summed E-state index contributed by atoms with van der Waals surface area (Å²) in [4.78, 5) is 0. The summed E-state index contributed by atoms with van der Waals surface area (Å²) >= 11 is 0. The van der Waals surface area contributed by atoms with Crippen molar-refractivity contribution >= 4 is 0 Å². The molecule has 0 bridgehead atoms. The highest BCUT2D eigenvalue weighted by atomic mass is 16.5. The lowest BCUT2D eigenvalue weighted by molar-refractivity contribution is 0.136. The van der Waals surface area contributed by atoms with E-state index in [1.165, 1.54) is 0 Å². The monoisotopic (exact) mass is 131 g/mol. The molecule has 0 saturated carbocycles. The van der Waals surface area contributed by atoms with Crippen molar-refractivity contribution < 1.29 is 4.74 Å². The van der Waals surface area contributed by atoms with Gasteiger partial charge in [0.05, 0.1) is 0 Å². The lowest BCUT2D eigenvalue weighted by Gasteiger charge is -2.16. The third-order valence-corrected chi connectivity index (χ3v) is 1.77. The van der Waals surface area contributed by atoms with Crippen LogP contribution in [-0.4, -0.2) is 20.3 Å². The van der Waals surface area contributed by atoms with Crippen LogP contribution in [0.3, 0.4) is 0 Å². The first-order chi connectivity index (χ1) is 4.22. The van der Waals surface area contributed by atoms with Gasteiger partial charge >= 0.3 is 0 Å². The second-order valence-corrected chi connectivity index (χ2v) is 2.65. The van der Waals surface area contributed by atoms with Gasteiger partial charge in [-0.2, -0.15) is 0 Å². The molecule has 0 aliphatic rings. The summed E-state index contributed by atoms with van der Waals surface area (Å²) in [5.41, 5.74) is 5.45. The van der Waals surface area contributed by atoms with Gasteiger partial charge in [-0.1, -0.05) is 13.8 Å². The van der Waals surface area contributed by atoms with E-state index in [1.807, 2.05) is 0 Å². The zero-order valence-corrected chi connectivity index (χ0v) is 6.55. The van der Waals surface area contributed by atoms with Crippen LogP contribution in [0.1, 0.15) is 13.8 Å². The molecule has 9 heavy (non-hydrogen) atoms. The third kappa shape index (κ3) is 3.49. The summed E-state index contributed by atoms with van der Waals surface area (Å²) in [5.74, 6) is 1.16. The van der Waals surface area contributed by atoms with Crippen LogP contribution in [0, 0.1) is 11.8 Å². The molecule has 2 heteroatoms. The standard InChI is InChI=1S/C7H17NO/c1-6(4-8)7(2)5-9-3/h6-7H,4-5,8H2,1-3H3. The van der Waals surface area contributed by atoms with E-state index in [0.717, 1.165) is 13.2 Å². The molecule has 0 aliphatic carbocycles. The van der Waals surface area contributed by atoms with Gasteiger partial charge in [0.25, 0.3) is 0 Å². The fourth-order valence-corrected chi connectivity index (χ4v) is 0.659. The van der Waals surface area contributed by atoms with Crippen LogP contribution in [0.25, 0.3) is 0 Å². The summed E-state index contributed by atoms with van der Waals surface area (Å²) in [7, 11) is 1.72. The van der Waals surface area contributed by atoms with Gasteiger partial charge in [-0.15, -0.1) is 0 Å². The molecular weight excluding hydrogens is 114 g/mol. The number of nitrogens with two attached hydrogens (primary N) is 1. The van der Waals surface area contributed by atoms with Crippen LogP contribution < -0.4 is 5.73 Å². The molecule has 2 nitrogen and oxygen atoms in total. The minimum atomic E-state index is 0.574. The first kappa shape index (κ1) is 8.92. The molecule has 0 aromatic rings. The summed E-state index contributed by atoms with van der Waals surface area (Å²) < 4.78 is 4.97. The van der Waals surface area contributed by atoms with E-state index >= 15 is 0 Å². The van der Waals surface area contributed by atoms with Crippen LogP contribution in [-0.2, 0) is 4.74 Å². The predicted octanol–water partition coefficient (Wildman–Crippen LogP) is 0.864. The molecule has 0 saturated heterocycles. The maximum Gasteiger partial charge on any atom is 0.0490 e. The van der Waals surface area contributed by atoms with Crippen molar-refractivity contribution in [2.75, 3.05) is 20.3 Å². The number of hydrogen-bond acceptors (Lipinski definition) is 2. The van der Waals surface area contributed by atoms with Crippen molar-refractivity contribution in [1.29, 1.82) is 0 Å². The van der Waals surface area contributed by atoms with Gasteiger partial charge in [0.2, 0.25) is 0 Å². The average molecular weight is 131 g/mol. The topological polar surface area (TPSA) is 35.2 Å². The third-order valence-electron chi connectivity index (χ3n) is 1.77. The van der Waals surface area contributed by atoms with Crippen LogP contribution in [0.5, 0.6) is 0 Å². The molecule has 0 amide bonds. The lowest BCUT2D eigenvalue weighted by atomic mass is 9.97. The minimum Gasteiger partial charge on any atom is -0.384 e. The van der Waals surface area contributed by atoms with Gasteiger partial charge in [0.15, 0.2) is 0 Å². The Labute approximate surface area is 57.4 Å². The molecule has 56 valence electrons. The molecule has 0 spiro atoms. The van der Waals surface area contributed by atoms with Crippen molar-refractivity contribution in [3.8, 4) is 0 Å². The Hall–Kier alpha value is -0.0800. The normalized spacial score (nSPS) is 17.3. The van der Waals surface area contributed by atoms with E-state index in [9.17, 15) is 0 Å². The van der Waals surface area contributed by atoms with E-state index in [-0.39, 0.29) is 0 Å². The summed E-state index contributed by atoms with van der Waals surface area (Å²) in [5, 5.41) is 0. The molecule has 2 unspecified atom stereocenters. The lowest BCUT2D eigenvalue weighted by Crippen LogP contribution is -2.21. The van der Waals surface area contributed by atoms with Crippen LogP contribution >= 0.6 is 0 Å². The van der Waals surface area contributed by atoms with E-state index in [2.05, 4.69) is 13.8 Å². The van der Waals surface area contributed by atoms with Gasteiger partial charge in [0, 0.05) is 13.7 Å². The Kier molecular flexibility index (Phi) is 4.72. The molecule has 0 rings (SSSR count). The van der Waals surface area contributed by atoms with E-state index in [0.29, 0.717) is 11.8 Å². The van der Waals surface area contributed by atoms with Crippen LogP contribution in [0.4, 0.5) is 0 Å². The van der Waals surface area contributed by atoms with E-state index in [4.69, 9.17) is 10.5 Å². The largest absolute Gasteiger partial charge is 0.384 e. The SMILES string of the molecule is COCC(C)C(C)CN.